The number of fused-ring (bicyclic) bond motifs is 1. The predicted molar refractivity (Wildman–Crippen MR) is 88.2 cm³/mol. The van der Waals surface area contributed by atoms with Gasteiger partial charge in [-0.3, -0.25) is 4.98 Å². The summed E-state index contributed by atoms with van der Waals surface area (Å²) in [6.45, 7) is 1.84. The Labute approximate surface area is 130 Å². The van der Waals surface area contributed by atoms with Crippen LogP contribution in [0.15, 0.2) is 67.0 Å². The quantitative estimate of drug-likeness (QED) is 0.803. The molecule has 2 atom stereocenters. The average molecular weight is 290 g/mol. The second-order valence-electron chi connectivity index (χ2n) is 5.68. The molecular weight excluding hydrogens is 272 g/mol. The monoisotopic (exact) mass is 290 g/mol. The van der Waals surface area contributed by atoms with Gasteiger partial charge >= 0.3 is 0 Å². The molecule has 1 aliphatic rings. The van der Waals surface area contributed by atoms with Crippen molar-refractivity contribution in [3.8, 4) is 5.75 Å². The Kier molecular flexibility index (Phi) is 3.49. The zero-order chi connectivity index (χ0) is 14.8. The van der Waals surface area contributed by atoms with Gasteiger partial charge in [-0.05, 0) is 17.7 Å². The van der Waals surface area contributed by atoms with Crippen molar-refractivity contribution in [2.24, 2.45) is 0 Å². The molecule has 1 aliphatic heterocycles. The highest BCUT2D eigenvalue weighted by Crippen LogP contribution is 2.30. The molecule has 0 radical (unpaired) electrons. The van der Waals surface area contributed by atoms with Gasteiger partial charge < -0.3 is 10.1 Å². The fourth-order valence-corrected chi connectivity index (χ4v) is 3.17. The van der Waals surface area contributed by atoms with E-state index in [-0.39, 0.29) is 6.10 Å². The van der Waals surface area contributed by atoms with Crippen LogP contribution in [0.3, 0.4) is 0 Å². The van der Waals surface area contributed by atoms with E-state index >= 15 is 0 Å². The molecule has 1 saturated heterocycles. The molecular formula is C19H18N2O. The lowest BCUT2D eigenvalue weighted by atomic mass is 9.96. The lowest BCUT2D eigenvalue weighted by Crippen LogP contribution is -2.24. The summed E-state index contributed by atoms with van der Waals surface area (Å²) in [4.78, 5) is 4.18. The summed E-state index contributed by atoms with van der Waals surface area (Å²) in [7, 11) is 0. The van der Waals surface area contributed by atoms with E-state index in [0.29, 0.717) is 5.92 Å². The normalized spacial score (nSPS) is 21.1. The number of hydrogen-bond donors (Lipinski definition) is 1. The van der Waals surface area contributed by atoms with Crippen LogP contribution in [0.4, 0.5) is 0 Å². The zero-order valence-electron chi connectivity index (χ0n) is 12.3. The van der Waals surface area contributed by atoms with Crippen LogP contribution >= 0.6 is 0 Å². The first-order valence-electron chi connectivity index (χ1n) is 7.67. The number of pyridine rings is 1. The lowest BCUT2D eigenvalue weighted by molar-refractivity contribution is 0.207. The van der Waals surface area contributed by atoms with Crippen molar-refractivity contribution in [1.29, 1.82) is 0 Å². The maximum Gasteiger partial charge on any atom is 0.127 e. The molecule has 1 aromatic heterocycles. The molecule has 4 rings (SSSR count). The number of nitrogens with zero attached hydrogens (tertiary/aromatic N) is 1. The number of benzene rings is 2. The van der Waals surface area contributed by atoms with Crippen molar-refractivity contribution in [2.45, 2.75) is 12.0 Å². The summed E-state index contributed by atoms with van der Waals surface area (Å²) < 4.78 is 6.37. The molecule has 0 amide bonds. The Hall–Kier alpha value is -2.39. The zero-order valence-corrected chi connectivity index (χ0v) is 12.3. The summed E-state index contributed by atoms with van der Waals surface area (Å²) in [5, 5.41) is 5.69. The summed E-state index contributed by atoms with van der Waals surface area (Å²) >= 11 is 0. The van der Waals surface area contributed by atoms with Crippen LogP contribution in [0.1, 0.15) is 11.5 Å². The fourth-order valence-electron chi connectivity index (χ4n) is 3.17. The topological polar surface area (TPSA) is 34.1 Å². The first-order chi connectivity index (χ1) is 10.9. The van der Waals surface area contributed by atoms with Crippen LogP contribution in [-0.4, -0.2) is 24.2 Å². The van der Waals surface area contributed by atoms with Gasteiger partial charge in [-0.25, -0.2) is 0 Å². The van der Waals surface area contributed by atoms with Crippen molar-refractivity contribution in [2.75, 3.05) is 13.1 Å². The number of hydrogen-bond acceptors (Lipinski definition) is 3. The molecule has 0 spiro atoms. The molecule has 3 nitrogen and oxygen atoms in total. The second-order valence-corrected chi connectivity index (χ2v) is 5.68. The van der Waals surface area contributed by atoms with Crippen molar-refractivity contribution in [3.05, 3.63) is 72.6 Å². The summed E-state index contributed by atoms with van der Waals surface area (Å²) in [6.07, 6.45) is 3.85. The van der Waals surface area contributed by atoms with Gasteiger partial charge in [0.1, 0.15) is 11.9 Å². The van der Waals surface area contributed by atoms with Gasteiger partial charge in [-0.1, -0.05) is 42.5 Å². The molecule has 2 aromatic carbocycles. The Balaban J connectivity index is 1.64. The van der Waals surface area contributed by atoms with Gasteiger partial charge in [0, 0.05) is 42.2 Å². The molecule has 3 aromatic rings. The van der Waals surface area contributed by atoms with Gasteiger partial charge in [0.15, 0.2) is 0 Å². The van der Waals surface area contributed by atoms with Crippen molar-refractivity contribution >= 4 is 10.8 Å². The highest BCUT2D eigenvalue weighted by atomic mass is 16.5. The van der Waals surface area contributed by atoms with E-state index in [4.69, 9.17) is 4.74 Å². The van der Waals surface area contributed by atoms with Crippen LogP contribution in [-0.2, 0) is 0 Å². The van der Waals surface area contributed by atoms with Gasteiger partial charge in [-0.15, -0.1) is 0 Å². The number of aromatic nitrogens is 1. The predicted octanol–water partition coefficient (Wildman–Crippen LogP) is 3.37. The SMILES string of the molecule is c1ccc([C@@H]2CNC[C@H]2Oc2cccc3cnccc23)cc1. The molecule has 22 heavy (non-hydrogen) atoms. The minimum absolute atomic E-state index is 0.154. The van der Waals surface area contributed by atoms with E-state index in [2.05, 4.69) is 46.7 Å². The van der Waals surface area contributed by atoms with E-state index < -0.39 is 0 Å². The third kappa shape index (κ3) is 2.44. The number of ether oxygens (including phenoxy) is 1. The molecule has 3 heteroatoms. The highest BCUT2D eigenvalue weighted by molar-refractivity contribution is 5.87. The van der Waals surface area contributed by atoms with E-state index in [1.54, 1.807) is 0 Å². The fraction of sp³-hybridized carbons (Fsp3) is 0.211. The van der Waals surface area contributed by atoms with Crippen molar-refractivity contribution in [3.63, 3.8) is 0 Å². The molecule has 110 valence electrons. The van der Waals surface area contributed by atoms with Crippen molar-refractivity contribution in [1.82, 2.24) is 10.3 Å². The average Bonchev–Trinajstić information content (AvgIpc) is 3.04. The molecule has 1 N–H and O–H groups in total. The third-order valence-electron chi connectivity index (χ3n) is 4.31. The Bertz CT molecular complexity index is 767. The number of rotatable bonds is 3. The lowest BCUT2D eigenvalue weighted by Gasteiger charge is -2.21. The van der Waals surface area contributed by atoms with Crippen LogP contribution in [0.2, 0.25) is 0 Å². The largest absolute Gasteiger partial charge is 0.488 e. The minimum atomic E-state index is 0.154. The summed E-state index contributed by atoms with van der Waals surface area (Å²) in [5.41, 5.74) is 1.33. The van der Waals surface area contributed by atoms with Gasteiger partial charge in [0.25, 0.3) is 0 Å². The maximum absolute atomic E-state index is 6.37. The van der Waals surface area contributed by atoms with Crippen LogP contribution in [0.5, 0.6) is 5.75 Å². The molecule has 0 saturated carbocycles. The van der Waals surface area contributed by atoms with Crippen LogP contribution in [0, 0.1) is 0 Å². The summed E-state index contributed by atoms with van der Waals surface area (Å²) in [5.74, 6) is 1.33. The van der Waals surface area contributed by atoms with Gasteiger partial charge in [0.05, 0.1) is 0 Å². The van der Waals surface area contributed by atoms with Gasteiger partial charge in [-0.2, -0.15) is 0 Å². The first-order valence-corrected chi connectivity index (χ1v) is 7.67. The smallest absolute Gasteiger partial charge is 0.127 e. The van der Waals surface area contributed by atoms with Crippen LogP contribution in [0.25, 0.3) is 10.8 Å². The molecule has 0 unspecified atom stereocenters. The molecule has 1 fully saturated rings. The highest BCUT2D eigenvalue weighted by Gasteiger charge is 2.30. The van der Waals surface area contributed by atoms with E-state index in [1.165, 1.54) is 5.56 Å². The maximum atomic E-state index is 6.37. The molecule has 0 bridgehead atoms. The molecule has 0 aliphatic carbocycles. The van der Waals surface area contributed by atoms with Crippen molar-refractivity contribution < 1.29 is 4.74 Å². The van der Waals surface area contributed by atoms with Crippen LogP contribution < -0.4 is 10.1 Å². The number of nitrogens with one attached hydrogen (secondary N) is 1. The van der Waals surface area contributed by atoms with Gasteiger partial charge in [0.2, 0.25) is 0 Å². The Morgan fingerprint density at radius 2 is 1.86 bits per heavy atom. The standard InChI is InChI=1S/C19H18N2O/c1-2-5-14(6-3-1)17-12-21-13-19(17)22-18-8-4-7-15-11-20-10-9-16(15)18/h1-11,17,19,21H,12-13H2/t17-,19+/m0/s1. The third-order valence-corrected chi connectivity index (χ3v) is 4.31. The molecule has 2 heterocycles. The minimum Gasteiger partial charge on any atom is -0.488 e. The van der Waals surface area contributed by atoms with E-state index in [1.807, 2.05) is 30.6 Å². The Morgan fingerprint density at radius 3 is 2.77 bits per heavy atom. The van der Waals surface area contributed by atoms with E-state index in [0.717, 1.165) is 29.6 Å². The summed E-state index contributed by atoms with van der Waals surface area (Å²) in [6, 6.07) is 18.8. The Morgan fingerprint density at radius 1 is 0.955 bits per heavy atom. The van der Waals surface area contributed by atoms with E-state index in [9.17, 15) is 0 Å². The second kappa shape index (κ2) is 5.78. The first kappa shape index (κ1) is 13.3.